The number of allylic oxidation sites excluding steroid dienone is 1. The van der Waals surface area contributed by atoms with Crippen LogP contribution in [0.5, 0.6) is 0 Å². The van der Waals surface area contributed by atoms with Gasteiger partial charge >= 0.3 is 0 Å². The molecule has 1 saturated heterocycles. The van der Waals surface area contributed by atoms with Crippen molar-refractivity contribution in [1.82, 2.24) is 30.7 Å². The maximum absolute atomic E-state index is 5.12. The van der Waals surface area contributed by atoms with Gasteiger partial charge in [0.25, 0.3) is 0 Å². The van der Waals surface area contributed by atoms with Crippen molar-refractivity contribution in [2.75, 3.05) is 0 Å². The Balaban J connectivity index is 0.946. The lowest BCUT2D eigenvalue weighted by Crippen LogP contribution is -2.38. The summed E-state index contributed by atoms with van der Waals surface area (Å²) in [5, 5.41) is 5.79. The van der Waals surface area contributed by atoms with Gasteiger partial charge in [-0.3, -0.25) is 0 Å². The van der Waals surface area contributed by atoms with Crippen molar-refractivity contribution in [3.63, 3.8) is 0 Å². The molecule has 1 fully saturated rings. The Bertz CT molecular complexity index is 2600. The van der Waals surface area contributed by atoms with E-state index in [1.165, 1.54) is 11.1 Å². The van der Waals surface area contributed by atoms with Crippen LogP contribution < -0.4 is 10.7 Å². The summed E-state index contributed by atoms with van der Waals surface area (Å²) in [6.45, 7) is 0. The largest absolute Gasteiger partial charge is 0.350 e. The van der Waals surface area contributed by atoms with Crippen molar-refractivity contribution in [2.45, 2.75) is 12.5 Å². The molecule has 2 N–H and O–H groups in total. The van der Waals surface area contributed by atoms with Gasteiger partial charge in [-0.25, -0.2) is 25.4 Å². The van der Waals surface area contributed by atoms with Crippen molar-refractivity contribution in [3.05, 3.63) is 217 Å². The van der Waals surface area contributed by atoms with E-state index in [-0.39, 0.29) is 12.5 Å². The lowest BCUT2D eigenvalue weighted by atomic mass is 10.0. The van der Waals surface area contributed by atoms with E-state index in [0.717, 1.165) is 55.9 Å². The molecule has 7 aromatic carbocycles. The van der Waals surface area contributed by atoms with Gasteiger partial charge in [0.2, 0.25) is 0 Å². The summed E-state index contributed by atoms with van der Waals surface area (Å²) in [5.41, 5.74) is 16.2. The molecule has 0 spiro atoms. The van der Waals surface area contributed by atoms with Gasteiger partial charge in [-0.15, -0.1) is 0 Å². The molecule has 3 unspecified atom stereocenters. The molecule has 0 amide bonds. The van der Waals surface area contributed by atoms with Gasteiger partial charge in [-0.05, 0) is 45.0 Å². The van der Waals surface area contributed by atoms with Gasteiger partial charge in [0, 0.05) is 22.4 Å². The lowest BCUT2D eigenvalue weighted by Gasteiger charge is -2.25. The van der Waals surface area contributed by atoms with Crippen LogP contribution in [0.2, 0.25) is 0 Å². The van der Waals surface area contributed by atoms with E-state index in [9.17, 15) is 0 Å². The Morgan fingerprint density at radius 2 is 0.737 bits per heavy atom. The first-order valence-electron chi connectivity index (χ1n) is 19.1. The molecule has 7 heteroatoms. The normalized spacial score (nSPS) is 17.2. The Labute approximate surface area is 331 Å². The third-order valence-electron chi connectivity index (χ3n) is 10.3. The summed E-state index contributed by atoms with van der Waals surface area (Å²) in [6.07, 6.45) is 1.82. The zero-order chi connectivity index (χ0) is 38.0. The molecule has 1 aromatic heterocycles. The summed E-state index contributed by atoms with van der Waals surface area (Å²) in [4.78, 5) is 20.2. The minimum Gasteiger partial charge on any atom is -0.350 e. The van der Waals surface area contributed by atoms with Gasteiger partial charge in [0.1, 0.15) is 6.17 Å². The molecular formula is C50H37N7. The second kappa shape index (κ2) is 15.1. The van der Waals surface area contributed by atoms with Crippen LogP contribution in [0.4, 0.5) is 0 Å². The minimum atomic E-state index is -0.291. The van der Waals surface area contributed by atoms with E-state index in [0.29, 0.717) is 17.5 Å². The molecule has 8 aromatic rings. The van der Waals surface area contributed by atoms with Crippen molar-refractivity contribution in [3.8, 4) is 56.4 Å². The third-order valence-corrected chi connectivity index (χ3v) is 10.3. The number of hydrogen-bond donors (Lipinski definition) is 2. The molecule has 3 atom stereocenters. The maximum Gasteiger partial charge on any atom is 0.191 e. The fourth-order valence-electron chi connectivity index (χ4n) is 7.22. The van der Waals surface area contributed by atoms with E-state index < -0.39 is 0 Å². The van der Waals surface area contributed by atoms with E-state index >= 15 is 0 Å². The summed E-state index contributed by atoms with van der Waals surface area (Å²) in [6, 6.07) is 66.8. The van der Waals surface area contributed by atoms with E-state index in [2.05, 4.69) is 180 Å². The van der Waals surface area contributed by atoms with Gasteiger partial charge in [0.05, 0.1) is 5.71 Å². The number of nitrogens with zero attached hydrogens (tertiary/aromatic N) is 5. The number of hydrogen-bond acceptors (Lipinski definition) is 7. The van der Waals surface area contributed by atoms with E-state index in [1.54, 1.807) is 0 Å². The highest BCUT2D eigenvalue weighted by atomic mass is 15.8. The average molecular weight is 736 g/mol. The van der Waals surface area contributed by atoms with Crippen LogP contribution in [-0.2, 0) is 0 Å². The summed E-state index contributed by atoms with van der Waals surface area (Å²) in [5.74, 6) is 1.86. The van der Waals surface area contributed by atoms with Crippen LogP contribution >= 0.6 is 0 Å². The van der Waals surface area contributed by atoms with Crippen molar-refractivity contribution in [1.29, 1.82) is 0 Å². The lowest BCUT2D eigenvalue weighted by molar-refractivity contribution is 0.333. The minimum absolute atomic E-state index is 0.0109. The molecule has 3 heterocycles. The molecule has 0 aliphatic carbocycles. The second-order valence-corrected chi connectivity index (χ2v) is 14.1. The monoisotopic (exact) mass is 735 g/mol. The standard InChI is InChI=1S/C50H37N7/c1-5-13-34(14-6-1)36-21-25-40(26-22-36)46-53-47(41-27-23-37(24-28-41)35-15-7-2-8-16-35)55-48(54-46)42-29-31-43(32-30-42)49-56-57(49)50-51-44(38-17-9-3-10-18-38)33-45(52-50)39-19-11-4-12-20-39/h1-33,49-51,56H. The molecule has 0 bridgehead atoms. The highest BCUT2D eigenvalue weighted by Gasteiger charge is 2.42. The summed E-state index contributed by atoms with van der Waals surface area (Å²) >= 11 is 0. The van der Waals surface area contributed by atoms with E-state index in [4.69, 9.17) is 19.9 Å². The van der Waals surface area contributed by atoms with Crippen LogP contribution in [0.1, 0.15) is 22.9 Å². The number of benzene rings is 7. The fourth-order valence-corrected chi connectivity index (χ4v) is 7.22. The van der Waals surface area contributed by atoms with Crippen LogP contribution in [0.3, 0.4) is 0 Å². The fraction of sp³-hybridized carbons (Fsp3) is 0.0400. The third kappa shape index (κ3) is 7.28. The van der Waals surface area contributed by atoms with Crippen molar-refractivity contribution < 1.29 is 0 Å². The second-order valence-electron chi connectivity index (χ2n) is 14.1. The zero-order valence-corrected chi connectivity index (χ0v) is 30.9. The Morgan fingerprint density at radius 3 is 1.19 bits per heavy atom. The molecule has 2 aliphatic heterocycles. The van der Waals surface area contributed by atoms with E-state index in [1.807, 2.05) is 36.4 Å². The number of aromatic nitrogens is 3. The van der Waals surface area contributed by atoms with Gasteiger partial charge in [0.15, 0.2) is 23.8 Å². The molecule has 57 heavy (non-hydrogen) atoms. The predicted molar refractivity (Wildman–Crippen MR) is 229 cm³/mol. The first-order chi connectivity index (χ1) is 28.2. The Morgan fingerprint density at radius 1 is 0.368 bits per heavy atom. The quantitative estimate of drug-likeness (QED) is 0.144. The number of hydrazine groups is 1. The first-order valence-corrected chi connectivity index (χ1v) is 19.1. The van der Waals surface area contributed by atoms with Gasteiger partial charge in [-0.1, -0.05) is 194 Å². The highest BCUT2D eigenvalue weighted by molar-refractivity contribution is 6.13. The molecule has 0 saturated carbocycles. The first kappa shape index (κ1) is 34.2. The van der Waals surface area contributed by atoms with Crippen molar-refractivity contribution in [2.24, 2.45) is 4.99 Å². The molecule has 2 aliphatic rings. The number of nitrogens with one attached hydrogen (secondary N) is 2. The zero-order valence-electron chi connectivity index (χ0n) is 30.9. The van der Waals surface area contributed by atoms with Gasteiger partial charge in [-0.2, -0.15) is 5.01 Å². The molecule has 7 nitrogen and oxygen atoms in total. The van der Waals surface area contributed by atoms with Crippen molar-refractivity contribution >= 4 is 11.4 Å². The highest BCUT2D eigenvalue weighted by Crippen LogP contribution is 2.35. The van der Waals surface area contributed by atoms with Crippen LogP contribution in [0.25, 0.3) is 62.1 Å². The van der Waals surface area contributed by atoms with Gasteiger partial charge < -0.3 is 5.32 Å². The smallest absolute Gasteiger partial charge is 0.191 e. The summed E-state index contributed by atoms with van der Waals surface area (Å²) < 4.78 is 0. The Kier molecular flexibility index (Phi) is 9.04. The Hall–Kier alpha value is -7.32. The summed E-state index contributed by atoms with van der Waals surface area (Å²) in [7, 11) is 0. The maximum atomic E-state index is 5.12. The molecule has 0 radical (unpaired) electrons. The number of aliphatic imine (C=N–C) groups is 1. The average Bonchev–Trinajstić information content (AvgIpc) is 4.12. The topological polar surface area (TPSA) is 88.0 Å². The van der Waals surface area contributed by atoms with Crippen LogP contribution in [0, 0.1) is 0 Å². The SMILES string of the molecule is C1=C(c2ccccc2)NC(N2NC2c2ccc(-c3nc(-c4ccc(-c5ccccc5)cc4)nc(-c4ccc(-c5ccccc5)cc4)n3)cc2)N=C1c1ccccc1. The molecule has 272 valence electrons. The number of rotatable bonds is 9. The predicted octanol–water partition coefficient (Wildman–Crippen LogP) is 10.4. The molecular weight excluding hydrogens is 699 g/mol. The molecule has 10 rings (SSSR count). The van der Waals surface area contributed by atoms with Crippen LogP contribution in [0.15, 0.2) is 205 Å². The van der Waals surface area contributed by atoms with Crippen LogP contribution in [-0.4, -0.2) is 32.0 Å².